The van der Waals surface area contributed by atoms with Crippen molar-refractivity contribution in [2.75, 3.05) is 30.4 Å². The van der Waals surface area contributed by atoms with Crippen LogP contribution in [0.3, 0.4) is 0 Å². The van der Waals surface area contributed by atoms with Crippen LogP contribution in [-0.4, -0.2) is 24.9 Å². The van der Waals surface area contributed by atoms with Crippen molar-refractivity contribution in [1.82, 2.24) is 0 Å². The molecule has 1 N–H and O–H groups in total. The lowest BCUT2D eigenvalue weighted by Gasteiger charge is -2.25. The maximum absolute atomic E-state index is 11.6. The number of unbranched alkanes of at least 4 members (excludes halogenated alkanes) is 1. The van der Waals surface area contributed by atoms with Gasteiger partial charge >= 0.3 is 0 Å². The van der Waals surface area contributed by atoms with E-state index in [2.05, 4.69) is 36.7 Å². The molecule has 0 atom stereocenters. The highest BCUT2D eigenvalue weighted by atomic mass is 32.1. The Labute approximate surface area is 126 Å². The Morgan fingerprint density at radius 2 is 2.00 bits per heavy atom. The molecule has 0 bridgehead atoms. The quantitative estimate of drug-likeness (QED) is 0.438. The summed E-state index contributed by atoms with van der Waals surface area (Å²) in [5, 5.41) is 3.10. The molecule has 0 fully saturated rings. The SMILES string of the molecule is CCNc1c(N(C)CCCCC(C)(C)S)c(=S)c1=O. The van der Waals surface area contributed by atoms with Crippen LogP contribution in [0.5, 0.6) is 0 Å². The molecular weight excluding hydrogens is 276 g/mol. The Morgan fingerprint density at radius 3 is 2.53 bits per heavy atom. The molecule has 0 saturated carbocycles. The maximum Gasteiger partial charge on any atom is 0.223 e. The summed E-state index contributed by atoms with van der Waals surface area (Å²) < 4.78 is 0.557. The number of hydrogen-bond donors (Lipinski definition) is 2. The van der Waals surface area contributed by atoms with Crippen LogP contribution in [0.1, 0.15) is 40.0 Å². The van der Waals surface area contributed by atoms with Crippen molar-refractivity contribution in [2.45, 2.75) is 44.8 Å². The molecule has 19 heavy (non-hydrogen) atoms. The van der Waals surface area contributed by atoms with Gasteiger partial charge < -0.3 is 10.2 Å². The fraction of sp³-hybridized carbons (Fsp3) is 0.714. The van der Waals surface area contributed by atoms with E-state index in [1.165, 1.54) is 0 Å². The van der Waals surface area contributed by atoms with Crippen LogP contribution < -0.4 is 15.6 Å². The van der Waals surface area contributed by atoms with Gasteiger partial charge in [0.25, 0.3) is 0 Å². The first kappa shape index (κ1) is 16.5. The maximum atomic E-state index is 11.6. The van der Waals surface area contributed by atoms with Gasteiger partial charge in [0.1, 0.15) is 10.2 Å². The first-order valence-corrected chi connectivity index (χ1v) is 7.64. The zero-order valence-electron chi connectivity index (χ0n) is 12.2. The first-order chi connectivity index (χ1) is 8.78. The Morgan fingerprint density at radius 1 is 1.37 bits per heavy atom. The van der Waals surface area contributed by atoms with Gasteiger partial charge in [0.05, 0.1) is 5.69 Å². The molecule has 1 aromatic carbocycles. The van der Waals surface area contributed by atoms with Gasteiger partial charge in [0, 0.05) is 24.9 Å². The van der Waals surface area contributed by atoms with Gasteiger partial charge in [-0.25, -0.2) is 0 Å². The molecule has 0 radical (unpaired) electrons. The molecule has 0 amide bonds. The van der Waals surface area contributed by atoms with Crippen LogP contribution >= 0.6 is 24.8 Å². The smallest absolute Gasteiger partial charge is 0.223 e. The summed E-state index contributed by atoms with van der Waals surface area (Å²) in [6.07, 6.45) is 3.30. The molecule has 0 saturated heterocycles. The Kier molecular flexibility index (Phi) is 5.86. The highest BCUT2D eigenvalue weighted by Crippen LogP contribution is 2.27. The third-order valence-corrected chi connectivity index (χ3v) is 3.75. The fourth-order valence-corrected chi connectivity index (χ4v) is 2.62. The van der Waals surface area contributed by atoms with Crippen molar-refractivity contribution in [2.24, 2.45) is 0 Å². The van der Waals surface area contributed by atoms with Crippen LogP contribution in [0, 0.1) is 4.51 Å². The molecule has 1 rings (SSSR count). The molecule has 0 spiro atoms. The zero-order chi connectivity index (χ0) is 14.6. The molecule has 0 aliphatic carbocycles. The van der Waals surface area contributed by atoms with Crippen LogP contribution in [0.15, 0.2) is 4.79 Å². The van der Waals surface area contributed by atoms with Crippen LogP contribution in [0.2, 0.25) is 0 Å². The minimum Gasteiger partial charge on any atom is -0.380 e. The predicted octanol–water partition coefficient (Wildman–Crippen LogP) is 3.40. The van der Waals surface area contributed by atoms with E-state index in [1.54, 1.807) is 0 Å². The third-order valence-electron chi connectivity index (χ3n) is 3.15. The van der Waals surface area contributed by atoms with E-state index >= 15 is 0 Å². The fourth-order valence-electron chi connectivity index (χ4n) is 2.10. The topological polar surface area (TPSA) is 32.3 Å². The standard InChI is InChI=1S/C14H24N2OS2/c1-5-15-10-11(13(18)12(10)17)16(4)9-7-6-8-14(2,3)19/h15,19H,5-9H2,1-4H3. The Hall–Kier alpha value is -0.550. The number of nitrogens with zero attached hydrogens (tertiary/aromatic N) is 1. The largest absolute Gasteiger partial charge is 0.380 e. The molecule has 5 heteroatoms. The predicted molar refractivity (Wildman–Crippen MR) is 90.3 cm³/mol. The van der Waals surface area contributed by atoms with E-state index in [4.69, 9.17) is 12.2 Å². The van der Waals surface area contributed by atoms with Gasteiger partial charge in [0.2, 0.25) is 5.43 Å². The molecule has 0 aliphatic rings. The van der Waals surface area contributed by atoms with E-state index in [1.807, 2.05) is 14.0 Å². The molecule has 0 unspecified atom stereocenters. The minimum atomic E-state index is -0.0183. The van der Waals surface area contributed by atoms with Gasteiger partial charge in [-0.05, 0) is 19.8 Å². The lowest BCUT2D eigenvalue weighted by molar-refractivity contribution is 0.580. The molecular formula is C14H24N2OS2. The average molecular weight is 300 g/mol. The lowest BCUT2D eigenvalue weighted by Crippen LogP contribution is -2.29. The van der Waals surface area contributed by atoms with Gasteiger partial charge in [-0.3, -0.25) is 4.79 Å². The molecule has 1 aromatic rings. The summed E-state index contributed by atoms with van der Waals surface area (Å²) in [5.74, 6) is 0. The molecule has 3 nitrogen and oxygen atoms in total. The summed E-state index contributed by atoms with van der Waals surface area (Å²) in [5.41, 5.74) is 1.58. The van der Waals surface area contributed by atoms with E-state index in [9.17, 15) is 4.79 Å². The zero-order valence-corrected chi connectivity index (χ0v) is 14.0. The Bertz CT molecular complexity index is 484. The highest BCUT2D eigenvalue weighted by molar-refractivity contribution is 7.81. The summed E-state index contributed by atoms with van der Waals surface area (Å²) in [6.45, 7) is 7.90. The summed E-state index contributed by atoms with van der Waals surface area (Å²) in [6, 6.07) is 0. The first-order valence-electron chi connectivity index (χ1n) is 6.78. The highest BCUT2D eigenvalue weighted by Gasteiger charge is 2.20. The monoisotopic (exact) mass is 300 g/mol. The number of rotatable bonds is 8. The summed E-state index contributed by atoms with van der Waals surface area (Å²) >= 11 is 9.65. The van der Waals surface area contributed by atoms with Crippen molar-refractivity contribution in [3.63, 3.8) is 0 Å². The number of anilines is 2. The molecule has 108 valence electrons. The lowest BCUT2D eigenvalue weighted by atomic mass is 10.1. The molecule has 0 aromatic heterocycles. The van der Waals surface area contributed by atoms with E-state index in [0.29, 0.717) is 10.2 Å². The van der Waals surface area contributed by atoms with Crippen molar-refractivity contribution < 1.29 is 0 Å². The number of hydrogen-bond acceptors (Lipinski definition) is 5. The molecule has 0 aliphatic heterocycles. The normalized spacial score (nSPS) is 11.8. The molecule has 0 heterocycles. The van der Waals surface area contributed by atoms with Gasteiger partial charge in [-0.1, -0.05) is 32.5 Å². The van der Waals surface area contributed by atoms with Crippen LogP contribution in [0.25, 0.3) is 0 Å². The van der Waals surface area contributed by atoms with Crippen LogP contribution in [0.4, 0.5) is 11.4 Å². The van der Waals surface area contributed by atoms with E-state index in [0.717, 1.165) is 38.0 Å². The van der Waals surface area contributed by atoms with Crippen molar-refractivity contribution in [3.8, 4) is 0 Å². The van der Waals surface area contributed by atoms with Gasteiger partial charge in [-0.15, -0.1) is 0 Å². The van der Waals surface area contributed by atoms with Crippen molar-refractivity contribution >= 4 is 36.2 Å². The van der Waals surface area contributed by atoms with Crippen LogP contribution in [-0.2, 0) is 0 Å². The summed E-state index contributed by atoms with van der Waals surface area (Å²) in [7, 11) is 2.00. The minimum absolute atomic E-state index is 0.0183. The average Bonchev–Trinajstić information content (AvgIpc) is 2.32. The van der Waals surface area contributed by atoms with E-state index < -0.39 is 0 Å². The Balaban J connectivity index is 2.51. The van der Waals surface area contributed by atoms with Crippen molar-refractivity contribution in [3.05, 3.63) is 14.7 Å². The second-order valence-electron chi connectivity index (χ2n) is 5.60. The number of thiol groups is 1. The van der Waals surface area contributed by atoms with Gasteiger partial charge in [0.15, 0.2) is 0 Å². The summed E-state index contributed by atoms with van der Waals surface area (Å²) in [4.78, 5) is 13.7. The third kappa shape index (κ3) is 4.49. The number of nitrogens with one attached hydrogen (secondary N) is 1. The van der Waals surface area contributed by atoms with E-state index in [-0.39, 0.29) is 10.2 Å². The van der Waals surface area contributed by atoms with Gasteiger partial charge in [-0.2, -0.15) is 12.6 Å². The van der Waals surface area contributed by atoms with Crippen molar-refractivity contribution in [1.29, 1.82) is 0 Å². The second-order valence-corrected chi connectivity index (χ2v) is 7.22. The second kappa shape index (κ2) is 6.75.